The van der Waals surface area contributed by atoms with Crippen molar-refractivity contribution in [2.24, 2.45) is 0 Å². The van der Waals surface area contributed by atoms with Gasteiger partial charge in [0, 0.05) is 0 Å². The lowest BCUT2D eigenvalue weighted by atomic mass is 10.1. The van der Waals surface area contributed by atoms with Gasteiger partial charge in [0.25, 0.3) is 10.1 Å². The van der Waals surface area contributed by atoms with Gasteiger partial charge in [-0.3, -0.25) is 8.75 Å². The third-order valence-corrected chi connectivity index (χ3v) is 6.35. The van der Waals surface area contributed by atoms with Gasteiger partial charge >= 0.3 is 0 Å². The first-order valence-electron chi connectivity index (χ1n) is 7.93. The first-order chi connectivity index (χ1) is 12.1. The Morgan fingerprint density at radius 1 is 1.38 bits per heavy atom. The number of hydrogen-bond donors (Lipinski definition) is 1. The Hall–Kier alpha value is -1.47. The maximum atomic E-state index is 11.9. The second-order valence-electron chi connectivity index (χ2n) is 6.71. The number of nitrogen functional groups attached to an aromatic ring is 1. The molecule has 0 aromatic carbocycles. The molecule has 2 saturated heterocycles. The van der Waals surface area contributed by atoms with Crippen molar-refractivity contribution >= 4 is 38.9 Å². The fraction of sp³-hybridized carbons (Fsp3) is 0.643. The second kappa shape index (κ2) is 6.02. The summed E-state index contributed by atoms with van der Waals surface area (Å²) in [6, 6.07) is 0. The van der Waals surface area contributed by atoms with Crippen molar-refractivity contribution in [2.45, 2.75) is 42.5 Å². The van der Waals surface area contributed by atoms with Crippen LogP contribution >= 0.6 is 11.8 Å². The summed E-state index contributed by atoms with van der Waals surface area (Å²) in [6.45, 7) is 4.00. The molecule has 4 atom stereocenters. The summed E-state index contributed by atoms with van der Waals surface area (Å²) >= 11 is 1.50. The summed E-state index contributed by atoms with van der Waals surface area (Å²) < 4.78 is 42.6. The zero-order valence-electron chi connectivity index (χ0n) is 14.4. The molecule has 2 aliphatic rings. The first-order valence-corrected chi connectivity index (χ1v) is 10.7. The molecule has 4 heterocycles. The van der Waals surface area contributed by atoms with E-state index in [9.17, 15) is 8.42 Å². The molecule has 2 aromatic rings. The van der Waals surface area contributed by atoms with Crippen molar-refractivity contribution in [3.63, 3.8) is 0 Å². The highest BCUT2D eigenvalue weighted by molar-refractivity contribution is 8.00. The molecule has 26 heavy (non-hydrogen) atoms. The number of hydrogen-bond acceptors (Lipinski definition) is 10. The van der Waals surface area contributed by atoms with Crippen LogP contribution in [-0.2, 0) is 23.8 Å². The highest BCUT2D eigenvalue weighted by atomic mass is 32.2. The van der Waals surface area contributed by atoms with Crippen LogP contribution in [0.3, 0.4) is 0 Å². The number of anilines is 1. The number of aromatic nitrogens is 4. The number of nitrogens with two attached hydrogens (primary N) is 1. The van der Waals surface area contributed by atoms with Gasteiger partial charge in [0.1, 0.15) is 29.4 Å². The molecule has 0 bridgehead atoms. The maximum absolute atomic E-state index is 11.9. The van der Waals surface area contributed by atoms with Gasteiger partial charge < -0.3 is 15.2 Å². The monoisotopic (exact) mass is 401 g/mol. The summed E-state index contributed by atoms with van der Waals surface area (Å²) in [7, 11) is -3.71. The second-order valence-corrected chi connectivity index (χ2v) is 9.67. The van der Waals surface area contributed by atoms with Crippen molar-refractivity contribution in [2.75, 3.05) is 18.6 Å². The van der Waals surface area contributed by atoms with Crippen LogP contribution in [0.5, 0.6) is 0 Å². The van der Waals surface area contributed by atoms with E-state index < -0.39 is 33.5 Å². The van der Waals surface area contributed by atoms with E-state index in [1.807, 2.05) is 0 Å². The Labute approximate surface area is 154 Å². The van der Waals surface area contributed by atoms with Gasteiger partial charge in [0.15, 0.2) is 17.3 Å². The van der Waals surface area contributed by atoms with E-state index in [-0.39, 0.29) is 11.1 Å². The van der Waals surface area contributed by atoms with Crippen molar-refractivity contribution in [1.29, 1.82) is 0 Å². The van der Waals surface area contributed by atoms with Crippen LogP contribution in [-0.4, -0.2) is 64.0 Å². The molecule has 2 N–H and O–H groups in total. The molecule has 0 aliphatic carbocycles. The van der Waals surface area contributed by atoms with Crippen LogP contribution in [0, 0.1) is 0 Å². The minimum Gasteiger partial charge on any atom is -0.382 e. The predicted octanol–water partition coefficient (Wildman–Crippen LogP) is 0.519. The SMILES string of the molecule is CC1(C)OCC2SC(n3cnc4c(N)ncnc43)C(OS(C)(=O)=O)C2O1. The molecule has 10 nitrogen and oxygen atoms in total. The van der Waals surface area contributed by atoms with E-state index in [0.29, 0.717) is 17.8 Å². The summed E-state index contributed by atoms with van der Waals surface area (Å²) in [6.07, 6.45) is 2.72. The summed E-state index contributed by atoms with van der Waals surface area (Å²) in [5.41, 5.74) is 6.82. The highest BCUT2D eigenvalue weighted by Crippen LogP contribution is 2.49. The van der Waals surface area contributed by atoms with Gasteiger partial charge in [-0.1, -0.05) is 0 Å². The smallest absolute Gasteiger partial charge is 0.264 e. The normalized spacial score (nSPS) is 31.2. The highest BCUT2D eigenvalue weighted by Gasteiger charge is 2.53. The lowest BCUT2D eigenvalue weighted by molar-refractivity contribution is -0.280. The Morgan fingerprint density at radius 2 is 2.15 bits per heavy atom. The zero-order valence-corrected chi connectivity index (χ0v) is 16.0. The molecule has 4 unspecified atom stereocenters. The molecule has 2 fully saturated rings. The lowest BCUT2D eigenvalue weighted by Gasteiger charge is -2.38. The van der Waals surface area contributed by atoms with Crippen LogP contribution in [0.4, 0.5) is 5.82 Å². The van der Waals surface area contributed by atoms with Crippen LogP contribution in [0.15, 0.2) is 12.7 Å². The van der Waals surface area contributed by atoms with Gasteiger partial charge in [-0.05, 0) is 13.8 Å². The number of imidazole rings is 1. The standard InChI is InChI=1S/C14H19N5O5S2/c1-14(2)22-4-7-9(23-14)10(24-26(3,20)21)13(25-7)19-6-18-8-11(15)16-5-17-12(8)19/h5-7,9-10,13H,4H2,1-3H3,(H2,15,16,17). The van der Waals surface area contributed by atoms with E-state index in [0.717, 1.165) is 6.26 Å². The molecule has 12 heteroatoms. The van der Waals surface area contributed by atoms with E-state index in [1.54, 1.807) is 24.7 Å². The van der Waals surface area contributed by atoms with Crippen LogP contribution in [0.2, 0.25) is 0 Å². The average Bonchev–Trinajstić information content (AvgIpc) is 3.08. The molecular weight excluding hydrogens is 382 g/mol. The van der Waals surface area contributed by atoms with Crippen LogP contribution in [0.25, 0.3) is 11.2 Å². The van der Waals surface area contributed by atoms with Crippen molar-refractivity contribution in [1.82, 2.24) is 19.5 Å². The molecule has 4 rings (SSSR count). The van der Waals surface area contributed by atoms with Gasteiger partial charge in [-0.25, -0.2) is 15.0 Å². The van der Waals surface area contributed by atoms with E-state index in [4.69, 9.17) is 19.4 Å². The lowest BCUT2D eigenvalue weighted by Crippen LogP contribution is -2.50. The first kappa shape index (κ1) is 17.9. The number of nitrogens with zero attached hydrogens (tertiary/aromatic N) is 4. The fourth-order valence-corrected chi connectivity index (χ4v) is 5.42. The van der Waals surface area contributed by atoms with Crippen LogP contribution in [0.1, 0.15) is 19.2 Å². The Morgan fingerprint density at radius 3 is 2.88 bits per heavy atom. The molecule has 2 aliphatic heterocycles. The quantitative estimate of drug-likeness (QED) is 0.726. The Bertz CT molecular complexity index is 946. The minimum atomic E-state index is -3.71. The maximum Gasteiger partial charge on any atom is 0.264 e. The van der Waals surface area contributed by atoms with E-state index in [2.05, 4.69) is 15.0 Å². The summed E-state index contributed by atoms with van der Waals surface area (Å²) in [5.74, 6) is -0.560. The average molecular weight is 401 g/mol. The zero-order chi connectivity index (χ0) is 18.7. The number of rotatable bonds is 3. The van der Waals surface area contributed by atoms with Crippen LogP contribution < -0.4 is 5.73 Å². The third-order valence-electron chi connectivity index (χ3n) is 4.25. The van der Waals surface area contributed by atoms with Crippen molar-refractivity contribution in [3.05, 3.63) is 12.7 Å². The molecule has 0 saturated carbocycles. The van der Waals surface area contributed by atoms with Crippen molar-refractivity contribution in [3.8, 4) is 0 Å². The minimum absolute atomic E-state index is 0.0867. The number of ether oxygens (including phenoxy) is 2. The Balaban J connectivity index is 1.77. The number of fused-ring (bicyclic) bond motifs is 2. The molecule has 0 spiro atoms. The molecule has 142 valence electrons. The Kier molecular flexibility index (Phi) is 4.15. The third kappa shape index (κ3) is 3.16. The summed E-state index contributed by atoms with van der Waals surface area (Å²) in [5, 5.41) is -0.507. The van der Waals surface area contributed by atoms with Gasteiger partial charge in [-0.2, -0.15) is 8.42 Å². The van der Waals surface area contributed by atoms with Crippen molar-refractivity contribution < 1.29 is 22.1 Å². The topological polar surface area (TPSA) is 131 Å². The predicted molar refractivity (Wildman–Crippen MR) is 94.8 cm³/mol. The van der Waals surface area contributed by atoms with E-state index in [1.165, 1.54) is 18.1 Å². The molecule has 2 aromatic heterocycles. The van der Waals surface area contributed by atoms with Gasteiger partial charge in [0.05, 0.1) is 24.4 Å². The van der Waals surface area contributed by atoms with E-state index >= 15 is 0 Å². The van der Waals surface area contributed by atoms with Gasteiger partial charge in [0.2, 0.25) is 0 Å². The molecule has 0 radical (unpaired) electrons. The molecule has 0 amide bonds. The largest absolute Gasteiger partial charge is 0.382 e. The molecular formula is C14H19N5O5S2. The van der Waals surface area contributed by atoms with Gasteiger partial charge in [-0.15, -0.1) is 11.8 Å². The number of thioether (sulfide) groups is 1. The fourth-order valence-electron chi connectivity index (χ4n) is 3.21. The summed E-state index contributed by atoms with van der Waals surface area (Å²) in [4.78, 5) is 12.4.